The van der Waals surface area contributed by atoms with Gasteiger partial charge < -0.3 is 4.57 Å². The van der Waals surface area contributed by atoms with Crippen LogP contribution in [0.2, 0.25) is 5.02 Å². The molecule has 3 heteroatoms. The van der Waals surface area contributed by atoms with Crippen LogP contribution in [0.1, 0.15) is 0 Å². The Kier molecular flexibility index (Phi) is 2.20. The molecule has 0 radical (unpaired) electrons. The van der Waals surface area contributed by atoms with Gasteiger partial charge in [0.05, 0.1) is 5.52 Å². The highest BCUT2D eigenvalue weighted by molar-refractivity contribution is 6.31. The van der Waals surface area contributed by atoms with Crippen molar-refractivity contribution in [1.82, 2.24) is 4.57 Å². The van der Waals surface area contributed by atoms with Gasteiger partial charge in [0.15, 0.2) is 0 Å². The first kappa shape index (κ1) is 10.4. The first-order valence-electron chi connectivity index (χ1n) is 5.35. The van der Waals surface area contributed by atoms with Crippen molar-refractivity contribution in [2.24, 2.45) is 7.05 Å². The molecule has 0 atom stereocenters. The van der Waals surface area contributed by atoms with Crippen LogP contribution in [0.15, 0.2) is 47.3 Å². The van der Waals surface area contributed by atoms with Crippen LogP contribution < -0.4 is 5.56 Å². The first-order chi connectivity index (χ1) is 8.18. The lowest BCUT2D eigenvalue weighted by Crippen LogP contribution is -2.17. The van der Waals surface area contributed by atoms with Crippen LogP contribution in [0.25, 0.3) is 21.7 Å². The number of rotatable bonds is 0. The molecule has 3 aromatic rings. The third-order valence-electron chi connectivity index (χ3n) is 3.07. The molecule has 2 nitrogen and oxygen atoms in total. The van der Waals surface area contributed by atoms with Crippen molar-refractivity contribution in [2.45, 2.75) is 0 Å². The van der Waals surface area contributed by atoms with Gasteiger partial charge in [-0.3, -0.25) is 4.79 Å². The molecule has 2 aromatic carbocycles. The van der Waals surface area contributed by atoms with E-state index in [2.05, 4.69) is 0 Å². The van der Waals surface area contributed by atoms with E-state index < -0.39 is 0 Å². The average Bonchev–Trinajstić information content (AvgIpc) is 2.36. The molecule has 0 aliphatic carbocycles. The van der Waals surface area contributed by atoms with Crippen LogP contribution in [-0.2, 0) is 7.05 Å². The highest BCUT2D eigenvalue weighted by Crippen LogP contribution is 2.25. The van der Waals surface area contributed by atoms with E-state index >= 15 is 0 Å². The lowest BCUT2D eigenvalue weighted by Gasteiger charge is -2.08. The Hall–Kier alpha value is -1.80. The molecule has 0 amide bonds. The van der Waals surface area contributed by atoms with E-state index in [0.29, 0.717) is 5.02 Å². The second-order valence-electron chi connectivity index (χ2n) is 4.07. The molecule has 0 spiro atoms. The van der Waals surface area contributed by atoms with E-state index in [9.17, 15) is 4.79 Å². The summed E-state index contributed by atoms with van der Waals surface area (Å²) >= 11 is 6.02. The van der Waals surface area contributed by atoms with Crippen molar-refractivity contribution in [2.75, 3.05) is 0 Å². The van der Waals surface area contributed by atoms with Crippen LogP contribution >= 0.6 is 11.6 Å². The van der Waals surface area contributed by atoms with Gasteiger partial charge in [-0.25, -0.2) is 0 Å². The molecular weight excluding hydrogens is 234 g/mol. The molecule has 0 aliphatic heterocycles. The summed E-state index contributed by atoms with van der Waals surface area (Å²) in [6, 6.07) is 13.2. The summed E-state index contributed by atoms with van der Waals surface area (Å²) in [7, 11) is 1.78. The maximum absolute atomic E-state index is 12.2. The summed E-state index contributed by atoms with van der Waals surface area (Å²) in [5.74, 6) is 0. The number of aryl methyl sites for hydroxylation is 1. The molecule has 84 valence electrons. The molecule has 0 bridgehead atoms. The van der Waals surface area contributed by atoms with Gasteiger partial charge in [-0.1, -0.05) is 29.8 Å². The zero-order valence-electron chi connectivity index (χ0n) is 9.27. The number of hydrogen-bond donors (Lipinski definition) is 0. The molecule has 0 aliphatic rings. The van der Waals surface area contributed by atoms with Crippen LogP contribution in [0.5, 0.6) is 0 Å². The fourth-order valence-corrected chi connectivity index (χ4v) is 2.38. The van der Waals surface area contributed by atoms with E-state index in [0.717, 1.165) is 21.7 Å². The Morgan fingerprint density at radius 3 is 2.47 bits per heavy atom. The molecular formula is C14H10ClNO. The topological polar surface area (TPSA) is 22.0 Å². The fraction of sp³-hybridized carbons (Fsp3) is 0.0714. The standard InChI is InChI=1S/C14H10ClNO/c1-16-13-7-6-9(15)8-12(13)10-4-2-3-5-11(10)14(16)17/h2-8H,1H3. The van der Waals surface area contributed by atoms with E-state index in [-0.39, 0.29) is 5.56 Å². The number of nitrogens with zero attached hydrogens (tertiary/aromatic N) is 1. The minimum atomic E-state index is 0.0235. The van der Waals surface area contributed by atoms with Crippen LogP contribution in [0, 0.1) is 0 Å². The highest BCUT2D eigenvalue weighted by atomic mass is 35.5. The van der Waals surface area contributed by atoms with E-state index in [1.807, 2.05) is 36.4 Å². The van der Waals surface area contributed by atoms with Crippen molar-refractivity contribution >= 4 is 33.3 Å². The van der Waals surface area contributed by atoms with Crippen molar-refractivity contribution < 1.29 is 0 Å². The van der Waals surface area contributed by atoms with Gasteiger partial charge in [0.2, 0.25) is 0 Å². The second kappa shape index (κ2) is 3.60. The van der Waals surface area contributed by atoms with Crippen molar-refractivity contribution in [3.8, 4) is 0 Å². The van der Waals surface area contributed by atoms with Crippen LogP contribution in [0.3, 0.4) is 0 Å². The lowest BCUT2D eigenvalue weighted by atomic mass is 10.1. The van der Waals surface area contributed by atoms with Crippen LogP contribution in [-0.4, -0.2) is 4.57 Å². The SMILES string of the molecule is Cn1c(=O)c2ccccc2c2cc(Cl)ccc21. The van der Waals surface area contributed by atoms with Gasteiger partial charge in [0, 0.05) is 22.8 Å². The van der Waals surface area contributed by atoms with E-state index in [1.54, 1.807) is 17.7 Å². The Labute approximate surface area is 103 Å². The molecule has 0 N–H and O–H groups in total. The van der Waals surface area contributed by atoms with Gasteiger partial charge in [-0.15, -0.1) is 0 Å². The van der Waals surface area contributed by atoms with Gasteiger partial charge >= 0.3 is 0 Å². The molecule has 17 heavy (non-hydrogen) atoms. The predicted octanol–water partition coefficient (Wildman–Crippen LogP) is 3.35. The number of hydrogen-bond acceptors (Lipinski definition) is 1. The van der Waals surface area contributed by atoms with Crippen molar-refractivity contribution in [3.05, 3.63) is 57.8 Å². The third kappa shape index (κ3) is 1.45. The molecule has 0 fully saturated rings. The van der Waals surface area contributed by atoms with Crippen LogP contribution in [0.4, 0.5) is 0 Å². The first-order valence-corrected chi connectivity index (χ1v) is 5.73. The Morgan fingerprint density at radius 2 is 1.71 bits per heavy atom. The summed E-state index contributed by atoms with van der Waals surface area (Å²) in [5.41, 5.74) is 0.925. The van der Waals surface area contributed by atoms with Gasteiger partial charge in [0.1, 0.15) is 0 Å². The smallest absolute Gasteiger partial charge is 0.258 e. The maximum atomic E-state index is 12.2. The largest absolute Gasteiger partial charge is 0.311 e. The summed E-state index contributed by atoms with van der Waals surface area (Å²) in [5, 5.41) is 3.37. The Bertz CT molecular complexity index is 789. The summed E-state index contributed by atoms with van der Waals surface area (Å²) < 4.78 is 1.66. The minimum Gasteiger partial charge on any atom is -0.311 e. The average molecular weight is 244 g/mol. The summed E-state index contributed by atoms with van der Waals surface area (Å²) in [4.78, 5) is 12.2. The third-order valence-corrected chi connectivity index (χ3v) is 3.31. The van der Waals surface area contributed by atoms with E-state index in [1.165, 1.54) is 0 Å². The number of aromatic nitrogens is 1. The molecule has 1 aromatic heterocycles. The molecule has 0 unspecified atom stereocenters. The predicted molar refractivity (Wildman–Crippen MR) is 71.7 cm³/mol. The quantitative estimate of drug-likeness (QED) is 0.555. The zero-order valence-corrected chi connectivity index (χ0v) is 10.0. The second-order valence-corrected chi connectivity index (χ2v) is 4.51. The highest BCUT2D eigenvalue weighted by Gasteiger charge is 2.07. The normalized spacial score (nSPS) is 11.2. The number of fused-ring (bicyclic) bond motifs is 3. The molecule has 1 heterocycles. The minimum absolute atomic E-state index is 0.0235. The number of benzene rings is 2. The zero-order chi connectivity index (χ0) is 12.0. The Balaban J connectivity index is 2.71. The van der Waals surface area contributed by atoms with Gasteiger partial charge in [-0.05, 0) is 29.7 Å². The summed E-state index contributed by atoms with van der Waals surface area (Å²) in [6.07, 6.45) is 0. The molecule has 3 rings (SSSR count). The Morgan fingerprint density at radius 1 is 1.00 bits per heavy atom. The molecule has 0 saturated heterocycles. The lowest BCUT2D eigenvalue weighted by molar-refractivity contribution is 0.918. The molecule has 0 saturated carbocycles. The van der Waals surface area contributed by atoms with Crippen molar-refractivity contribution in [1.29, 1.82) is 0 Å². The maximum Gasteiger partial charge on any atom is 0.258 e. The van der Waals surface area contributed by atoms with Crippen molar-refractivity contribution in [3.63, 3.8) is 0 Å². The number of halogens is 1. The summed E-state index contributed by atoms with van der Waals surface area (Å²) in [6.45, 7) is 0. The van der Waals surface area contributed by atoms with Gasteiger partial charge in [-0.2, -0.15) is 0 Å². The van der Waals surface area contributed by atoms with E-state index in [4.69, 9.17) is 11.6 Å². The number of pyridine rings is 1. The fourth-order valence-electron chi connectivity index (χ4n) is 2.21. The van der Waals surface area contributed by atoms with Gasteiger partial charge in [0.25, 0.3) is 5.56 Å². The monoisotopic (exact) mass is 243 g/mol.